The first kappa shape index (κ1) is 15.1. The Labute approximate surface area is 119 Å². The number of benzene rings is 1. The van der Waals surface area contributed by atoms with E-state index < -0.39 is 25.6 Å². The van der Waals surface area contributed by atoms with Crippen LogP contribution in [0.4, 0.5) is 11.4 Å². The largest absolute Gasteiger partial charge is 0.383 e. The molecular weight excluding hydrogens is 300 g/mol. The van der Waals surface area contributed by atoms with Crippen LogP contribution in [0.25, 0.3) is 0 Å². The lowest BCUT2D eigenvalue weighted by molar-refractivity contribution is 0.593. The summed E-state index contributed by atoms with van der Waals surface area (Å²) in [7, 11) is -6.97. The van der Waals surface area contributed by atoms with Crippen LogP contribution >= 0.6 is 0 Å². The van der Waals surface area contributed by atoms with Crippen LogP contribution in [-0.4, -0.2) is 41.1 Å². The van der Waals surface area contributed by atoms with Crippen LogP contribution in [0.5, 0.6) is 0 Å². The fourth-order valence-electron chi connectivity index (χ4n) is 2.07. The maximum absolute atomic E-state index is 11.9. The van der Waals surface area contributed by atoms with Gasteiger partial charge in [0, 0.05) is 12.8 Å². The molecule has 2 N–H and O–H groups in total. The van der Waals surface area contributed by atoms with E-state index in [1.807, 2.05) is 6.07 Å². The first-order valence-corrected chi connectivity index (χ1v) is 10.0. The fourth-order valence-corrected chi connectivity index (χ4v) is 4.77. The zero-order valence-corrected chi connectivity index (χ0v) is 12.9. The summed E-state index contributed by atoms with van der Waals surface area (Å²) in [5.41, 5.74) is 2.34. The number of rotatable bonds is 5. The molecule has 0 radical (unpaired) electrons. The van der Waals surface area contributed by atoms with E-state index in [9.17, 15) is 16.8 Å². The zero-order valence-electron chi connectivity index (χ0n) is 11.2. The first-order valence-electron chi connectivity index (χ1n) is 6.31. The van der Waals surface area contributed by atoms with Crippen molar-refractivity contribution in [2.45, 2.75) is 12.8 Å². The molecule has 0 aromatic heterocycles. The highest BCUT2D eigenvalue weighted by Gasteiger charge is 2.18. The van der Waals surface area contributed by atoms with Gasteiger partial charge in [-0.15, -0.1) is 0 Å². The van der Waals surface area contributed by atoms with E-state index in [2.05, 4.69) is 10.0 Å². The molecule has 0 bridgehead atoms. The van der Waals surface area contributed by atoms with E-state index in [1.54, 1.807) is 12.1 Å². The molecule has 8 heteroatoms. The van der Waals surface area contributed by atoms with E-state index in [-0.39, 0.29) is 5.75 Å². The van der Waals surface area contributed by atoms with Crippen molar-refractivity contribution in [1.82, 2.24) is 0 Å². The van der Waals surface area contributed by atoms with Crippen LogP contribution < -0.4 is 10.0 Å². The molecular formula is C12H18N2O4S2. The molecule has 0 atom stereocenters. The molecule has 2 rings (SSSR count). The number of anilines is 2. The van der Waals surface area contributed by atoms with E-state index in [4.69, 9.17) is 0 Å². The Morgan fingerprint density at radius 1 is 1.20 bits per heavy atom. The zero-order chi connectivity index (χ0) is 14.8. The smallest absolute Gasteiger partial charge is 0.233 e. The summed E-state index contributed by atoms with van der Waals surface area (Å²) in [6.07, 6.45) is 2.94. The summed E-state index contributed by atoms with van der Waals surface area (Å²) in [4.78, 5) is 0. The van der Waals surface area contributed by atoms with E-state index in [0.717, 1.165) is 36.9 Å². The van der Waals surface area contributed by atoms with Crippen molar-refractivity contribution in [2.75, 3.05) is 34.3 Å². The first-order chi connectivity index (χ1) is 9.27. The molecule has 1 aromatic carbocycles. The second-order valence-corrected chi connectivity index (χ2v) is 9.02. The van der Waals surface area contributed by atoms with Gasteiger partial charge in [-0.05, 0) is 24.5 Å². The van der Waals surface area contributed by atoms with Gasteiger partial charge in [-0.1, -0.05) is 12.1 Å². The lowest BCUT2D eigenvalue weighted by Crippen LogP contribution is -2.23. The Balaban J connectivity index is 2.17. The van der Waals surface area contributed by atoms with Gasteiger partial charge in [-0.2, -0.15) is 0 Å². The number of hydrogen-bond donors (Lipinski definition) is 2. The monoisotopic (exact) mass is 318 g/mol. The third-order valence-electron chi connectivity index (χ3n) is 3.06. The van der Waals surface area contributed by atoms with Crippen molar-refractivity contribution in [3.05, 3.63) is 23.8 Å². The quantitative estimate of drug-likeness (QED) is 0.839. The summed E-state index contributed by atoms with van der Waals surface area (Å²) >= 11 is 0. The Morgan fingerprint density at radius 3 is 2.65 bits per heavy atom. The second-order valence-electron chi connectivity index (χ2n) is 4.92. The molecule has 0 saturated heterocycles. The molecule has 20 heavy (non-hydrogen) atoms. The van der Waals surface area contributed by atoms with Crippen molar-refractivity contribution < 1.29 is 16.8 Å². The van der Waals surface area contributed by atoms with Crippen LogP contribution in [-0.2, 0) is 26.3 Å². The van der Waals surface area contributed by atoms with Crippen molar-refractivity contribution in [2.24, 2.45) is 0 Å². The predicted molar refractivity (Wildman–Crippen MR) is 80.4 cm³/mol. The standard InChI is InChI=1S/C12H18N2O4S2/c1-19(15,16)8-9-20(17,18)14-11-6-2-4-10-5-3-7-13-12(10)11/h2,4,6,13-14H,3,5,7-9H2,1H3. The Kier molecular flexibility index (Phi) is 4.24. The summed E-state index contributed by atoms with van der Waals surface area (Å²) in [5.74, 6) is -0.819. The average Bonchev–Trinajstić information content (AvgIpc) is 2.36. The van der Waals surface area contributed by atoms with Gasteiger partial charge in [-0.25, -0.2) is 16.8 Å². The van der Waals surface area contributed by atoms with Gasteiger partial charge in [0.1, 0.15) is 9.84 Å². The summed E-state index contributed by atoms with van der Waals surface area (Å²) in [6.45, 7) is 0.801. The van der Waals surface area contributed by atoms with Crippen LogP contribution in [0.2, 0.25) is 0 Å². The molecule has 0 aliphatic carbocycles. The van der Waals surface area contributed by atoms with Gasteiger partial charge < -0.3 is 5.32 Å². The van der Waals surface area contributed by atoms with Gasteiger partial charge >= 0.3 is 0 Å². The number of sulfonamides is 1. The van der Waals surface area contributed by atoms with E-state index in [1.165, 1.54) is 0 Å². The molecule has 0 amide bonds. The maximum atomic E-state index is 11.9. The number of fused-ring (bicyclic) bond motifs is 1. The van der Waals surface area contributed by atoms with Crippen LogP contribution in [0.3, 0.4) is 0 Å². The van der Waals surface area contributed by atoms with E-state index in [0.29, 0.717) is 5.69 Å². The van der Waals surface area contributed by atoms with Crippen LogP contribution in [0.15, 0.2) is 18.2 Å². The highest BCUT2D eigenvalue weighted by Crippen LogP contribution is 2.30. The number of nitrogens with one attached hydrogen (secondary N) is 2. The van der Waals surface area contributed by atoms with Gasteiger partial charge in [0.05, 0.1) is 22.9 Å². The third kappa shape index (κ3) is 4.11. The SMILES string of the molecule is CS(=O)(=O)CCS(=O)(=O)Nc1cccc2c1NCCC2. The number of sulfone groups is 1. The Bertz CT molecular complexity index is 696. The predicted octanol–water partition coefficient (Wildman–Crippen LogP) is 0.831. The Hall–Kier alpha value is -1.28. The van der Waals surface area contributed by atoms with Crippen molar-refractivity contribution in [3.63, 3.8) is 0 Å². The third-order valence-corrected chi connectivity index (χ3v) is 5.54. The summed E-state index contributed by atoms with van der Waals surface area (Å²) in [6, 6.07) is 5.42. The highest BCUT2D eigenvalue weighted by molar-refractivity contribution is 7.95. The number of hydrogen-bond acceptors (Lipinski definition) is 5. The molecule has 1 aliphatic rings. The number of aryl methyl sites for hydroxylation is 1. The average molecular weight is 318 g/mol. The minimum absolute atomic E-state index is 0.384. The van der Waals surface area contributed by atoms with Crippen molar-refractivity contribution in [1.29, 1.82) is 0 Å². The molecule has 6 nitrogen and oxygen atoms in total. The van der Waals surface area contributed by atoms with Gasteiger partial charge in [0.2, 0.25) is 10.0 Å². The lowest BCUT2D eigenvalue weighted by atomic mass is 10.0. The highest BCUT2D eigenvalue weighted by atomic mass is 32.2. The molecule has 1 aromatic rings. The molecule has 112 valence electrons. The Morgan fingerprint density at radius 2 is 1.95 bits per heavy atom. The molecule has 0 spiro atoms. The molecule has 1 heterocycles. The summed E-state index contributed by atoms with van der Waals surface area (Å²) < 4.78 is 48.4. The van der Waals surface area contributed by atoms with Crippen LogP contribution in [0.1, 0.15) is 12.0 Å². The summed E-state index contributed by atoms with van der Waals surface area (Å²) in [5, 5.41) is 3.18. The van der Waals surface area contributed by atoms with E-state index >= 15 is 0 Å². The molecule has 0 fully saturated rings. The van der Waals surface area contributed by atoms with Crippen molar-refractivity contribution >= 4 is 31.2 Å². The van der Waals surface area contributed by atoms with Gasteiger partial charge in [0.15, 0.2) is 0 Å². The minimum Gasteiger partial charge on any atom is -0.383 e. The topological polar surface area (TPSA) is 92.3 Å². The maximum Gasteiger partial charge on any atom is 0.233 e. The van der Waals surface area contributed by atoms with Gasteiger partial charge in [0.25, 0.3) is 0 Å². The fraction of sp³-hybridized carbons (Fsp3) is 0.500. The lowest BCUT2D eigenvalue weighted by Gasteiger charge is -2.21. The number of para-hydroxylation sites is 1. The van der Waals surface area contributed by atoms with Crippen molar-refractivity contribution in [3.8, 4) is 0 Å². The normalized spacial score (nSPS) is 15.2. The molecule has 0 saturated carbocycles. The van der Waals surface area contributed by atoms with Gasteiger partial charge in [-0.3, -0.25) is 4.72 Å². The molecule has 1 aliphatic heterocycles. The molecule has 0 unspecified atom stereocenters. The van der Waals surface area contributed by atoms with Crippen LogP contribution in [0, 0.1) is 0 Å². The second kappa shape index (κ2) is 5.61. The minimum atomic E-state index is -3.67.